The second-order valence-corrected chi connectivity index (χ2v) is 9.32. The van der Waals surface area contributed by atoms with Crippen LogP contribution in [0.3, 0.4) is 0 Å². The zero-order valence-corrected chi connectivity index (χ0v) is 20.4. The van der Waals surface area contributed by atoms with Crippen LogP contribution in [0.15, 0.2) is 138 Å². The Balaban J connectivity index is 1.35. The topological polar surface area (TPSA) is 26.0 Å². The summed E-state index contributed by atoms with van der Waals surface area (Å²) in [6.45, 7) is 0. The van der Waals surface area contributed by atoms with Crippen LogP contribution in [0.4, 0.5) is 4.39 Å². The van der Waals surface area contributed by atoms with Gasteiger partial charge in [-0.05, 0) is 64.2 Å². The number of rotatable bonds is 4. The normalized spacial score (nSPS) is 11.3. The molecule has 0 N–H and O–H groups in total. The number of aromatic nitrogens is 1. The highest BCUT2D eigenvalue weighted by molar-refractivity contribution is 6.13. The number of nitrogens with zero attached hydrogens (tertiary/aromatic N) is 1. The lowest BCUT2D eigenvalue weighted by Crippen LogP contribution is -1.87. The summed E-state index contributed by atoms with van der Waals surface area (Å²) in [5.41, 5.74) is 8.62. The van der Waals surface area contributed by atoms with E-state index >= 15 is 4.39 Å². The lowest BCUT2D eigenvalue weighted by atomic mass is 9.96. The van der Waals surface area contributed by atoms with Gasteiger partial charge in [-0.1, -0.05) is 91.0 Å². The van der Waals surface area contributed by atoms with Crippen LogP contribution in [0.1, 0.15) is 0 Å². The van der Waals surface area contributed by atoms with Crippen LogP contribution in [0.2, 0.25) is 0 Å². The summed E-state index contributed by atoms with van der Waals surface area (Å²) in [6.07, 6.45) is 1.76. The molecule has 2 heterocycles. The van der Waals surface area contributed by atoms with Crippen molar-refractivity contribution in [1.82, 2.24) is 4.98 Å². The van der Waals surface area contributed by atoms with Crippen molar-refractivity contribution in [2.24, 2.45) is 0 Å². The fourth-order valence-corrected chi connectivity index (χ4v) is 5.17. The van der Waals surface area contributed by atoms with E-state index in [1.807, 2.05) is 72.8 Å². The average molecular weight is 492 g/mol. The predicted molar refractivity (Wildman–Crippen MR) is 153 cm³/mol. The van der Waals surface area contributed by atoms with Gasteiger partial charge in [-0.25, -0.2) is 4.39 Å². The minimum atomic E-state index is -0.312. The van der Waals surface area contributed by atoms with Crippen molar-refractivity contribution in [3.8, 4) is 44.6 Å². The smallest absolute Gasteiger partial charge is 0.146 e. The molecule has 7 rings (SSSR count). The Morgan fingerprint density at radius 3 is 1.95 bits per heavy atom. The molecule has 0 unspecified atom stereocenters. The van der Waals surface area contributed by atoms with E-state index in [9.17, 15) is 0 Å². The van der Waals surface area contributed by atoms with E-state index in [1.165, 1.54) is 11.6 Å². The Hall–Kier alpha value is -5.02. The summed E-state index contributed by atoms with van der Waals surface area (Å²) in [5.74, 6) is -0.312. The largest absolute Gasteiger partial charge is 0.455 e. The van der Waals surface area contributed by atoms with Crippen molar-refractivity contribution < 1.29 is 8.81 Å². The molecular formula is C35H22FNO. The highest BCUT2D eigenvalue weighted by Gasteiger charge is 2.19. The van der Waals surface area contributed by atoms with E-state index in [4.69, 9.17) is 4.42 Å². The summed E-state index contributed by atoms with van der Waals surface area (Å²) in [5, 5.41) is 1.82. The van der Waals surface area contributed by atoms with Crippen molar-refractivity contribution in [3.63, 3.8) is 0 Å². The lowest BCUT2D eigenvalue weighted by Gasteiger charge is -2.09. The van der Waals surface area contributed by atoms with Gasteiger partial charge in [0, 0.05) is 22.5 Å². The van der Waals surface area contributed by atoms with Gasteiger partial charge in [-0.3, -0.25) is 4.98 Å². The second kappa shape index (κ2) is 9.13. The van der Waals surface area contributed by atoms with Crippen LogP contribution in [0.5, 0.6) is 0 Å². The number of hydrogen-bond donors (Lipinski definition) is 0. The SMILES string of the molecule is Fc1ccc2c(oc3c(-c4ccccn4)cccc32)c1-c1cccc(-c2ccc(-c3ccccc3)cc2)c1. The molecule has 0 atom stereocenters. The zero-order chi connectivity index (χ0) is 25.5. The maximum atomic E-state index is 15.5. The van der Waals surface area contributed by atoms with Crippen LogP contribution in [0, 0.1) is 5.82 Å². The molecule has 0 aliphatic carbocycles. The molecular weight excluding hydrogens is 469 g/mol. The van der Waals surface area contributed by atoms with Crippen LogP contribution in [-0.4, -0.2) is 4.98 Å². The summed E-state index contributed by atoms with van der Waals surface area (Å²) in [6, 6.07) is 41.9. The molecule has 0 radical (unpaired) electrons. The summed E-state index contributed by atoms with van der Waals surface area (Å²) in [4.78, 5) is 4.50. The van der Waals surface area contributed by atoms with Gasteiger partial charge >= 0.3 is 0 Å². The Labute approximate surface area is 219 Å². The molecule has 0 bridgehead atoms. The van der Waals surface area contributed by atoms with Crippen LogP contribution >= 0.6 is 0 Å². The number of fused-ring (bicyclic) bond motifs is 3. The maximum Gasteiger partial charge on any atom is 0.146 e. The molecule has 0 fully saturated rings. The quantitative estimate of drug-likeness (QED) is 0.245. The van der Waals surface area contributed by atoms with E-state index in [0.717, 1.165) is 44.3 Å². The molecule has 2 aromatic heterocycles. The van der Waals surface area contributed by atoms with Crippen molar-refractivity contribution in [3.05, 3.63) is 139 Å². The molecule has 0 aliphatic rings. The molecule has 0 spiro atoms. The molecule has 5 aromatic carbocycles. The predicted octanol–water partition coefficient (Wildman–Crippen LogP) is 9.79. The first-order valence-corrected chi connectivity index (χ1v) is 12.6. The molecule has 0 saturated heterocycles. The minimum absolute atomic E-state index is 0.312. The standard InChI is InChI=1S/C35H22FNO/c36-31-20-19-29-28-12-7-13-30(32-14-4-5-21-37-32)34(28)38-35(29)33(31)27-11-6-10-26(22-27)25-17-15-24(16-18-25)23-8-2-1-3-9-23/h1-22H. The fourth-order valence-electron chi connectivity index (χ4n) is 5.17. The van der Waals surface area contributed by atoms with Crippen molar-refractivity contribution in [1.29, 1.82) is 0 Å². The van der Waals surface area contributed by atoms with Crippen LogP contribution in [0.25, 0.3) is 66.6 Å². The Morgan fingerprint density at radius 1 is 0.500 bits per heavy atom. The number of halogens is 1. The number of pyridine rings is 1. The highest BCUT2D eigenvalue weighted by Crippen LogP contribution is 2.41. The van der Waals surface area contributed by atoms with E-state index in [2.05, 4.69) is 47.4 Å². The van der Waals surface area contributed by atoms with E-state index in [0.29, 0.717) is 16.7 Å². The zero-order valence-electron chi connectivity index (χ0n) is 20.4. The first kappa shape index (κ1) is 22.2. The Bertz CT molecular complexity index is 1910. The number of para-hydroxylation sites is 1. The fraction of sp³-hybridized carbons (Fsp3) is 0. The molecule has 3 heteroatoms. The molecule has 0 saturated carbocycles. The highest BCUT2D eigenvalue weighted by atomic mass is 19.1. The molecule has 180 valence electrons. The molecule has 0 amide bonds. The van der Waals surface area contributed by atoms with Crippen molar-refractivity contribution in [2.45, 2.75) is 0 Å². The Morgan fingerprint density at radius 2 is 1.16 bits per heavy atom. The van der Waals surface area contributed by atoms with E-state index in [1.54, 1.807) is 12.3 Å². The van der Waals surface area contributed by atoms with Gasteiger partial charge in [0.15, 0.2) is 0 Å². The number of furan rings is 1. The van der Waals surface area contributed by atoms with Gasteiger partial charge in [-0.15, -0.1) is 0 Å². The van der Waals surface area contributed by atoms with E-state index in [-0.39, 0.29) is 5.82 Å². The van der Waals surface area contributed by atoms with E-state index < -0.39 is 0 Å². The number of benzene rings is 5. The van der Waals surface area contributed by atoms with Gasteiger partial charge in [0.2, 0.25) is 0 Å². The third-order valence-corrected chi connectivity index (χ3v) is 7.03. The minimum Gasteiger partial charge on any atom is -0.455 e. The van der Waals surface area contributed by atoms with Crippen molar-refractivity contribution >= 4 is 21.9 Å². The van der Waals surface area contributed by atoms with Crippen molar-refractivity contribution in [2.75, 3.05) is 0 Å². The lowest BCUT2D eigenvalue weighted by molar-refractivity contribution is 0.622. The molecule has 2 nitrogen and oxygen atoms in total. The maximum absolute atomic E-state index is 15.5. The molecule has 7 aromatic rings. The summed E-state index contributed by atoms with van der Waals surface area (Å²) < 4.78 is 21.9. The Kier molecular flexibility index (Phi) is 5.33. The van der Waals surface area contributed by atoms with Crippen LogP contribution in [-0.2, 0) is 0 Å². The summed E-state index contributed by atoms with van der Waals surface area (Å²) >= 11 is 0. The molecule has 38 heavy (non-hydrogen) atoms. The van der Waals surface area contributed by atoms with Gasteiger partial charge in [0.25, 0.3) is 0 Å². The monoisotopic (exact) mass is 491 g/mol. The first-order chi connectivity index (χ1) is 18.8. The van der Waals surface area contributed by atoms with Gasteiger partial charge in [0.05, 0.1) is 11.3 Å². The average Bonchev–Trinajstić information content (AvgIpc) is 3.37. The summed E-state index contributed by atoms with van der Waals surface area (Å²) in [7, 11) is 0. The third kappa shape index (κ3) is 3.77. The van der Waals surface area contributed by atoms with Gasteiger partial charge in [-0.2, -0.15) is 0 Å². The van der Waals surface area contributed by atoms with Gasteiger partial charge < -0.3 is 4.42 Å². The third-order valence-electron chi connectivity index (χ3n) is 7.03. The first-order valence-electron chi connectivity index (χ1n) is 12.6. The molecule has 0 aliphatic heterocycles. The van der Waals surface area contributed by atoms with Gasteiger partial charge in [0.1, 0.15) is 17.0 Å². The number of hydrogen-bond acceptors (Lipinski definition) is 2. The second-order valence-electron chi connectivity index (χ2n) is 9.32. The van der Waals surface area contributed by atoms with Crippen LogP contribution < -0.4 is 0 Å².